The molecule has 228 valence electrons. The smallest absolute Gasteiger partial charge is 0.359 e. The van der Waals surface area contributed by atoms with Gasteiger partial charge in [-0.1, -0.05) is 37.3 Å². The zero-order chi connectivity index (χ0) is 30.7. The standard InChI is InChI=1S/C36H42O7/c1-21(37)41-32-23(20-29-27-14-12-22-19-24(38)13-15-25(22)26(27)16-18-35(29,32)5)9-8-17-36(33(40)43-34(2,3)4)31(39)28-10-6-7-11-30(28)42-36/h6-11,13,15,19,23,26-27,29,32,38H,12,14,16-18,20H2,1-5H3/b9-8+/t23-,26-,27-,29+,32+,35+,36+/m1/s1. The van der Waals surface area contributed by atoms with Crippen LogP contribution in [0.2, 0.25) is 0 Å². The Balaban J connectivity index is 1.28. The van der Waals surface area contributed by atoms with E-state index in [1.807, 2.05) is 18.2 Å². The number of Topliss-reactive ketones (excluding diaryl/α,β-unsaturated/α-hetero) is 1. The molecule has 0 spiro atoms. The summed E-state index contributed by atoms with van der Waals surface area (Å²) in [6.07, 6.45) is 8.35. The Labute approximate surface area is 253 Å². The van der Waals surface area contributed by atoms with Gasteiger partial charge < -0.3 is 19.3 Å². The molecule has 1 aliphatic heterocycles. The van der Waals surface area contributed by atoms with Gasteiger partial charge in [-0.3, -0.25) is 9.59 Å². The number of para-hydroxylation sites is 1. The van der Waals surface area contributed by atoms with Gasteiger partial charge in [0, 0.05) is 24.7 Å². The number of aryl methyl sites for hydroxylation is 1. The van der Waals surface area contributed by atoms with Crippen molar-refractivity contribution in [2.75, 3.05) is 0 Å². The van der Waals surface area contributed by atoms with Gasteiger partial charge in [-0.25, -0.2) is 4.79 Å². The minimum Gasteiger partial charge on any atom is -0.508 e. The quantitative estimate of drug-likeness (QED) is 0.236. The van der Waals surface area contributed by atoms with Gasteiger partial charge in [-0.05, 0) is 106 Å². The predicted octanol–water partition coefficient (Wildman–Crippen LogP) is 6.71. The van der Waals surface area contributed by atoms with E-state index >= 15 is 0 Å². The van der Waals surface area contributed by atoms with Crippen molar-refractivity contribution in [2.24, 2.45) is 23.2 Å². The van der Waals surface area contributed by atoms with E-state index < -0.39 is 23.0 Å². The molecule has 1 heterocycles. The first-order valence-corrected chi connectivity index (χ1v) is 15.5. The topological polar surface area (TPSA) is 99.1 Å². The van der Waals surface area contributed by atoms with Crippen LogP contribution in [0.4, 0.5) is 0 Å². The van der Waals surface area contributed by atoms with Crippen molar-refractivity contribution in [3.05, 3.63) is 71.3 Å². The molecule has 0 aromatic heterocycles. The Hall–Kier alpha value is -3.61. The number of carbonyl (C=O) groups is 3. The minimum absolute atomic E-state index is 0.0169. The van der Waals surface area contributed by atoms with Crippen molar-refractivity contribution in [3.8, 4) is 11.5 Å². The number of phenols is 1. The normalized spacial score (nSPS) is 32.8. The second-order valence-corrected chi connectivity index (χ2v) is 14.2. The van der Waals surface area contributed by atoms with E-state index in [1.165, 1.54) is 18.1 Å². The van der Waals surface area contributed by atoms with Crippen LogP contribution in [0.15, 0.2) is 54.6 Å². The van der Waals surface area contributed by atoms with Gasteiger partial charge in [0.25, 0.3) is 5.60 Å². The lowest BCUT2D eigenvalue weighted by Crippen LogP contribution is -2.51. The number of hydrogen-bond donors (Lipinski definition) is 1. The molecule has 0 unspecified atom stereocenters. The van der Waals surface area contributed by atoms with Crippen LogP contribution in [-0.4, -0.2) is 40.1 Å². The summed E-state index contributed by atoms with van der Waals surface area (Å²) >= 11 is 0. The van der Waals surface area contributed by atoms with Gasteiger partial charge in [0.05, 0.1) is 5.56 Å². The first-order valence-electron chi connectivity index (χ1n) is 15.5. The van der Waals surface area contributed by atoms with Gasteiger partial charge in [0.1, 0.15) is 23.2 Å². The van der Waals surface area contributed by atoms with Crippen LogP contribution in [0.3, 0.4) is 0 Å². The molecule has 1 N–H and O–H groups in total. The summed E-state index contributed by atoms with van der Waals surface area (Å²) in [4.78, 5) is 39.6. The second kappa shape index (κ2) is 10.5. The molecule has 6 rings (SSSR count). The van der Waals surface area contributed by atoms with E-state index in [2.05, 4.69) is 13.0 Å². The van der Waals surface area contributed by atoms with Crippen molar-refractivity contribution in [1.82, 2.24) is 0 Å². The lowest BCUT2D eigenvalue weighted by Gasteiger charge is -2.50. The third kappa shape index (κ3) is 5.04. The molecule has 7 atom stereocenters. The number of aromatic hydroxyl groups is 1. The fraction of sp³-hybridized carbons (Fsp3) is 0.528. The molecule has 4 aliphatic rings. The average Bonchev–Trinajstić information content (AvgIpc) is 3.38. The first kappa shape index (κ1) is 29.5. The number of phenolic OH excluding ortho intramolecular Hbond substituents is 1. The highest BCUT2D eigenvalue weighted by atomic mass is 16.6. The number of carbonyl (C=O) groups excluding carboxylic acids is 3. The maximum atomic E-state index is 13.7. The van der Waals surface area contributed by atoms with E-state index in [9.17, 15) is 19.5 Å². The summed E-state index contributed by atoms with van der Waals surface area (Å²) in [6, 6.07) is 12.7. The van der Waals surface area contributed by atoms with Gasteiger partial charge in [0.15, 0.2) is 0 Å². The Bertz CT molecular complexity index is 1480. The number of fused-ring (bicyclic) bond motifs is 6. The molecular weight excluding hydrogens is 544 g/mol. The Morgan fingerprint density at radius 3 is 2.63 bits per heavy atom. The summed E-state index contributed by atoms with van der Waals surface area (Å²) in [5, 5.41) is 10.1. The van der Waals surface area contributed by atoms with Gasteiger partial charge in [-0.15, -0.1) is 0 Å². The molecule has 43 heavy (non-hydrogen) atoms. The molecule has 2 aromatic rings. The predicted molar refractivity (Wildman–Crippen MR) is 161 cm³/mol. The van der Waals surface area contributed by atoms with Crippen LogP contribution in [0.1, 0.15) is 94.1 Å². The lowest BCUT2D eigenvalue weighted by atomic mass is 9.55. The third-order valence-electron chi connectivity index (χ3n) is 10.3. The second-order valence-electron chi connectivity index (χ2n) is 14.2. The summed E-state index contributed by atoms with van der Waals surface area (Å²) in [6.45, 7) is 9.04. The van der Waals surface area contributed by atoms with Crippen LogP contribution in [0, 0.1) is 23.2 Å². The van der Waals surface area contributed by atoms with E-state index in [1.54, 1.807) is 51.1 Å². The zero-order valence-corrected chi connectivity index (χ0v) is 25.7. The van der Waals surface area contributed by atoms with Crippen LogP contribution < -0.4 is 4.74 Å². The fourth-order valence-corrected chi connectivity index (χ4v) is 8.52. The maximum absolute atomic E-state index is 13.7. The third-order valence-corrected chi connectivity index (χ3v) is 10.3. The number of benzene rings is 2. The van der Waals surface area contributed by atoms with E-state index in [-0.39, 0.29) is 29.8 Å². The van der Waals surface area contributed by atoms with Crippen LogP contribution >= 0.6 is 0 Å². The zero-order valence-electron chi connectivity index (χ0n) is 25.7. The molecule has 0 amide bonds. The molecule has 2 saturated carbocycles. The molecule has 7 nitrogen and oxygen atoms in total. The average molecular weight is 587 g/mol. The number of rotatable bonds is 5. The van der Waals surface area contributed by atoms with Gasteiger partial charge in [-0.2, -0.15) is 0 Å². The Kier molecular flexibility index (Phi) is 7.22. The minimum atomic E-state index is -1.80. The molecule has 0 saturated heterocycles. The molecule has 2 aromatic carbocycles. The summed E-state index contributed by atoms with van der Waals surface area (Å²) < 4.78 is 17.9. The highest BCUT2D eigenvalue weighted by molar-refractivity contribution is 6.19. The summed E-state index contributed by atoms with van der Waals surface area (Å²) in [7, 11) is 0. The monoisotopic (exact) mass is 586 g/mol. The van der Waals surface area contributed by atoms with Crippen molar-refractivity contribution >= 4 is 17.7 Å². The fourth-order valence-electron chi connectivity index (χ4n) is 8.52. The van der Waals surface area contributed by atoms with Crippen molar-refractivity contribution in [1.29, 1.82) is 0 Å². The van der Waals surface area contributed by atoms with Crippen LogP contribution in [-0.2, 0) is 25.5 Å². The first-order chi connectivity index (χ1) is 20.3. The molecule has 0 bridgehead atoms. The van der Waals surface area contributed by atoms with Crippen molar-refractivity contribution < 1.29 is 33.7 Å². The van der Waals surface area contributed by atoms with E-state index in [0.29, 0.717) is 34.8 Å². The SMILES string of the molecule is CC(=O)O[C@H]1[C@H](/C=C/C[C@]2(C(=O)OC(C)(C)C)Oc3ccccc3C2=O)C[C@H]2[C@@H]3CCc4cc(O)ccc4[C@H]3CC[C@@]21C. The number of esters is 2. The van der Waals surface area contributed by atoms with E-state index in [4.69, 9.17) is 14.2 Å². The molecule has 2 fully saturated rings. The van der Waals surface area contributed by atoms with Crippen molar-refractivity contribution in [3.63, 3.8) is 0 Å². The highest BCUT2D eigenvalue weighted by Gasteiger charge is 2.60. The maximum Gasteiger partial charge on any atom is 0.359 e. The summed E-state index contributed by atoms with van der Waals surface area (Å²) in [5.74, 6) is 0.443. The number of hydrogen-bond acceptors (Lipinski definition) is 7. The molecule has 7 heteroatoms. The molecule has 0 radical (unpaired) electrons. The van der Waals surface area contributed by atoms with Gasteiger partial charge in [0.2, 0.25) is 5.78 Å². The van der Waals surface area contributed by atoms with Crippen LogP contribution in [0.5, 0.6) is 11.5 Å². The van der Waals surface area contributed by atoms with Crippen molar-refractivity contribution in [2.45, 2.75) is 96.4 Å². The highest BCUT2D eigenvalue weighted by Crippen LogP contribution is 2.63. The van der Waals surface area contributed by atoms with Gasteiger partial charge >= 0.3 is 11.9 Å². The number of ketones is 1. The Morgan fingerprint density at radius 1 is 1.14 bits per heavy atom. The molecular formula is C36H42O7. The number of ether oxygens (including phenoxy) is 3. The van der Waals surface area contributed by atoms with Crippen LogP contribution in [0.25, 0.3) is 0 Å². The molecule has 3 aliphatic carbocycles. The lowest BCUT2D eigenvalue weighted by molar-refractivity contribution is -0.168. The Morgan fingerprint density at radius 2 is 1.91 bits per heavy atom. The largest absolute Gasteiger partial charge is 0.508 e. The summed E-state index contributed by atoms with van der Waals surface area (Å²) in [5.41, 5.74) is 0.172. The van der Waals surface area contributed by atoms with E-state index in [0.717, 1.165) is 32.1 Å².